The summed E-state index contributed by atoms with van der Waals surface area (Å²) >= 11 is 0. The van der Waals surface area contributed by atoms with Crippen molar-refractivity contribution in [1.29, 1.82) is 0 Å². The number of benzene rings is 1. The topological polar surface area (TPSA) is 57.7 Å². The molecule has 0 aliphatic carbocycles. The fraction of sp³-hybridized carbons (Fsp3) is 0.667. The van der Waals surface area contributed by atoms with Gasteiger partial charge in [0, 0.05) is 31.6 Å². The summed E-state index contributed by atoms with van der Waals surface area (Å²) in [5, 5.41) is 0. The van der Waals surface area contributed by atoms with Crippen molar-refractivity contribution in [2.24, 2.45) is 5.92 Å². The van der Waals surface area contributed by atoms with Crippen LogP contribution in [0.2, 0.25) is 0 Å². The number of amides is 1. The molecule has 1 unspecified atom stereocenters. The van der Waals surface area contributed by atoms with E-state index < -0.39 is 10.0 Å². The van der Waals surface area contributed by atoms with Gasteiger partial charge in [-0.1, -0.05) is 13.0 Å². The van der Waals surface area contributed by atoms with Crippen LogP contribution in [0, 0.1) is 19.8 Å². The lowest BCUT2D eigenvalue weighted by atomic mass is 9.92. The lowest BCUT2D eigenvalue weighted by Gasteiger charge is -2.39. The van der Waals surface area contributed by atoms with Gasteiger partial charge in [0.2, 0.25) is 15.9 Å². The normalized spacial score (nSPS) is 22.8. The second-order valence-corrected chi connectivity index (χ2v) is 9.95. The van der Waals surface area contributed by atoms with Crippen LogP contribution in [0.3, 0.4) is 0 Å². The molecule has 1 atom stereocenters. The van der Waals surface area contributed by atoms with Crippen molar-refractivity contribution in [2.45, 2.75) is 70.2 Å². The summed E-state index contributed by atoms with van der Waals surface area (Å²) in [5.41, 5.74) is 2.07. The number of rotatable bonds is 4. The molecule has 1 aromatic rings. The summed E-state index contributed by atoms with van der Waals surface area (Å²) in [6, 6.07) is 5.67. The Bertz CT molecular complexity index is 783. The Labute approximate surface area is 163 Å². The quantitative estimate of drug-likeness (QED) is 0.788. The molecule has 6 heteroatoms. The largest absolute Gasteiger partial charge is 0.339 e. The van der Waals surface area contributed by atoms with Gasteiger partial charge >= 0.3 is 0 Å². The van der Waals surface area contributed by atoms with Crippen molar-refractivity contribution in [1.82, 2.24) is 9.21 Å². The van der Waals surface area contributed by atoms with E-state index in [1.165, 1.54) is 6.42 Å². The number of carbonyl (C=O) groups excluding carboxylic acids is 1. The molecule has 2 aliphatic rings. The van der Waals surface area contributed by atoms with Crippen molar-refractivity contribution in [3.05, 3.63) is 29.3 Å². The molecule has 2 aliphatic heterocycles. The Balaban J connectivity index is 1.65. The maximum absolute atomic E-state index is 13.0. The summed E-state index contributed by atoms with van der Waals surface area (Å²) in [6.07, 6.45) is 5.64. The van der Waals surface area contributed by atoms with Crippen molar-refractivity contribution >= 4 is 15.9 Å². The summed E-state index contributed by atoms with van der Waals surface area (Å²) in [5.74, 6) is 0.202. The molecule has 27 heavy (non-hydrogen) atoms. The number of carbonyl (C=O) groups is 1. The van der Waals surface area contributed by atoms with Crippen LogP contribution in [0.1, 0.15) is 56.6 Å². The van der Waals surface area contributed by atoms with Crippen LogP contribution in [0.25, 0.3) is 0 Å². The van der Waals surface area contributed by atoms with Crippen LogP contribution in [-0.4, -0.2) is 49.2 Å². The standard InChI is InChI=1S/C21H32N2O3S/c1-4-19-7-5-6-12-23(19)21(24)18-10-13-22(14-11-18)27(25,26)20-9-8-16(2)17(3)15-20/h8-9,15,18-19H,4-7,10-14H2,1-3H3. The minimum absolute atomic E-state index is 0.0386. The first-order valence-corrected chi connectivity index (χ1v) is 11.7. The van der Waals surface area contributed by atoms with E-state index in [2.05, 4.69) is 11.8 Å². The number of hydrogen-bond donors (Lipinski definition) is 0. The second kappa shape index (κ2) is 8.31. The summed E-state index contributed by atoms with van der Waals surface area (Å²) in [7, 11) is -3.48. The third kappa shape index (κ3) is 4.21. The molecule has 0 radical (unpaired) electrons. The van der Waals surface area contributed by atoms with Gasteiger partial charge in [0.15, 0.2) is 0 Å². The summed E-state index contributed by atoms with van der Waals surface area (Å²) in [4.78, 5) is 15.4. The van der Waals surface area contributed by atoms with Gasteiger partial charge in [0.25, 0.3) is 0 Å². The van der Waals surface area contributed by atoms with Crippen LogP contribution >= 0.6 is 0 Å². The molecular weight excluding hydrogens is 360 g/mol. The van der Waals surface area contributed by atoms with Crippen molar-refractivity contribution in [3.8, 4) is 0 Å². The van der Waals surface area contributed by atoms with Gasteiger partial charge in [-0.25, -0.2) is 8.42 Å². The molecule has 1 amide bonds. The highest BCUT2D eigenvalue weighted by atomic mass is 32.2. The highest BCUT2D eigenvalue weighted by Gasteiger charge is 2.36. The van der Waals surface area contributed by atoms with E-state index in [0.29, 0.717) is 36.9 Å². The van der Waals surface area contributed by atoms with E-state index in [1.807, 2.05) is 19.9 Å². The van der Waals surface area contributed by atoms with Crippen molar-refractivity contribution in [3.63, 3.8) is 0 Å². The first-order valence-electron chi connectivity index (χ1n) is 10.2. The fourth-order valence-electron chi connectivity index (χ4n) is 4.32. The number of aryl methyl sites for hydroxylation is 2. The fourth-order valence-corrected chi connectivity index (χ4v) is 5.87. The zero-order chi connectivity index (χ0) is 19.6. The third-order valence-electron chi connectivity index (χ3n) is 6.30. The van der Waals surface area contributed by atoms with Gasteiger partial charge in [0.1, 0.15) is 0 Å². The molecule has 0 aromatic heterocycles. The highest BCUT2D eigenvalue weighted by molar-refractivity contribution is 7.89. The van der Waals surface area contributed by atoms with Crippen molar-refractivity contribution < 1.29 is 13.2 Å². The van der Waals surface area contributed by atoms with Crippen LogP contribution in [0.4, 0.5) is 0 Å². The highest BCUT2D eigenvalue weighted by Crippen LogP contribution is 2.29. The van der Waals surface area contributed by atoms with Crippen LogP contribution in [0.15, 0.2) is 23.1 Å². The Kier molecular flexibility index (Phi) is 6.26. The maximum Gasteiger partial charge on any atom is 0.243 e. The number of nitrogens with zero attached hydrogens (tertiary/aromatic N) is 2. The van der Waals surface area contributed by atoms with Gasteiger partial charge in [-0.2, -0.15) is 4.31 Å². The number of sulfonamides is 1. The minimum atomic E-state index is -3.48. The van der Waals surface area contributed by atoms with Crippen LogP contribution < -0.4 is 0 Å². The molecule has 2 heterocycles. The van der Waals surface area contributed by atoms with Crippen molar-refractivity contribution in [2.75, 3.05) is 19.6 Å². The Morgan fingerprint density at radius 3 is 2.37 bits per heavy atom. The van der Waals surface area contributed by atoms with E-state index in [1.54, 1.807) is 16.4 Å². The molecule has 0 spiro atoms. The Morgan fingerprint density at radius 2 is 1.74 bits per heavy atom. The zero-order valence-electron chi connectivity index (χ0n) is 16.8. The smallest absolute Gasteiger partial charge is 0.243 e. The van der Waals surface area contributed by atoms with Gasteiger partial charge in [-0.05, 0) is 75.6 Å². The van der Waals surface area contributed by atoms with Crippen LogP contribution in [0.5, 0.6) is 0 Å². The third-order valence-corrected chi connectivity index (χ3v) is 8.20. The molecule has 0 N–H and O–H groups in total. The first-order chi connectivity index (χ1) is 12.8. The average molecular weight is 393 g/mol. The van der Waals surface area contributed by atoms with Gasteiger partial charge in [-0.3, -0.25) is 4.79 Å². The molecule has 3 rings (SSSR count). The van der Waals surface area contributed by atoms with E-state index in [-0.39, 0.29) is 11.8 Å². The lowest BCUT2D eigenvalue weighted by Crippen LogP contribution is -2.49. The van der Waals surface area contributed by atoms with Gasteiger partial charge < -0.3 is 4.90 Å². The predicted molar refractivity (Wildman–Crippen MR) is 107 cm³/mol. The van der Waals surface area contributed by atoms with Gasteiger partial charge in [-0.15, -0.1) is 0 Å². The molecular formula is C21H32N2O3S. The Hall–Kier alpha value is -1.40. The molecule has 0 bridgehead atoms. The van der Waals surface area contributed by atoms with Gasteiger partial charge in [0.05, 0.1) is 4.90 Å². The van der Waals surface area contributed by atoms with E-state index >= 15 is 0 Å². The van der Waals surface area contributed by atoms with E-state index in [9.17, 15) is 13.2 Å². The lowest BCUT2D eigenvalue weighted by molar-refractivity contribution is -0.140. The molecule has 150 valence electrons. The molecule has 0 saturated carbocycles. The summed E-state index contributed by atoms with van der Waals surface area (Å²) in [6.45, 7) is 7.77. The number of hydrogen-bond acceptors (Lipinski definition) is 3. The second-order valence-electron chi connectivity index (χ2n) is 8.01. The number of piperidine rings is 2. The molecule has 5 nitrogen and oxygen atoms in total. The predicted octanol–water partition coefficient (Wildman–Crippen LogP) is 3.50. The zero-order valence-corrected chi connectivity index (χ0v) is 17.6. The molecule has 2 fully saturated rings. The summed E-state index contributed by atoms with van der Waals surface area (Å²) < 4.78 is 27.5. The average Bonchev–Trinajstić information content (AvgIpc) is 2.69. The Morgan fingerprint density at radius 1 is 1.04 bits per heavy atom. The minimum Gasteiger partial charge on any atom is -0.339 e. The SMILES string of the molecule is CCC1CCCCN1C(=O)C1CCN(S(=O)(=O)c2ccc(C)c(C)c2)CC1. The van der Waals surface area contributed by atoms with E-state index in [0.717, 1.165) is 36.9 Å². The van der Waals surface area contributed by atoms with Crippen LogP contribution in [-0.2, 0) is 14.8 Å². The first kappa shape index (κ1) is 20.3. The molecule has 1 aromatic carbocycles. The molecule has 2 saturated heterocycles. The number of likely N-dealkylation sites (tertiary alicyclic amines) is 1. The maximum atomic E-state index is 13.0. The van der Waals surface area contributed by atoms with E-state index in [4.69, 9.17) is 0 Å². The monoisotopic (exact) mass is 392 g/mol.